The van der Waals surface area contributed by atoms with Gasteiger partial charge in [-0.05, 0) is 20.8 Å². The Bertz CT molecular complexity index is 450. The van der Waals surface area contributed by atoms with E-state index >= 15 is 0 Å². The van der Waals surface area contributed by atoms with Crippen LogP contribution >= 0.6 is 11.3 Å². The zero-order chi connectivity index (χ0) is 10.3. The summed E-state index contributed by atoms with van der Waals surface area (Å²) in [6, 6.07) is 1.84. The molecule has 2 aromatic heterocycles. The molecule has 4 nitrogen and oxygen atoms in total. The van der Waals surface area contributed by atoms with Crippen LogP contribution in [0.15, 0.2) is 6.07 Å². The second-order valence-electron chi connectivity index (χ2n) is 3.26. The number of hydrogen-bond acceptors (Lipinski definition) is 4. The molecule has 0 aliphatic carbocycles. The van der Waals surface area contributed by atoms with Crippen LogP contribution in [0, 0.1) is 20.8 Å². The number of thiazole rings is 1. The molecule has 74 valence electrons. The quantitative estimate of drug-likeness (QED) is 0.778. The molecular formula is C9H12N4S. The van der Waals surface area contributed by atoms with E-state index in [4.69, 9.17) is 5.73 Å². The summed E-state index contributed by atoms with van der Waals surface area (Å²) < 4.78 is 1.78. The molecule has 0 spiro atoms. The fourth-order valence-electron chi connectivity index (χ4n) is 1.24. The molecule has 14 heavy (non-hydrogen) atoms. The lowest BCUT2D eigenvalue weighted by Crippen LogP contribution is -1.98. The SMILES string of the molecule is Cc1nc(-n2nc(N)cc2C)sc1C. The summed E-state index contributed by atoms with van der Waals surface area (Å²) >= 11 is 1.63. The summed E-state index contributed by atoms with van der Waals surface area (Å²) in [7, 11) is 0. The number of nitrogens with zero attached hydrogens (tertiary/aromatic N) is 3. The Labute approximate surface area is 86.4 Å². The summed E-state index contributed by atoms with van der Waals surface area (Å²) in [5.74, 6) is 0.535. The molecule has 2 rings (SSSR count). The minimum atomic E-state index is 0.535. The number of nitrogen functional groups attached to an aromatic ring is 1. The first-order valence-corrected chi connectivity index (χ1v) is 5.16. The molecule has 2 N–H and O–H groups in total. The molecule has 0 aliphatic rings. The lowest BCUT2D eigenvalue weighted by Gasteiger charge is -1.96. The molecular weight excluding hydrogens is 196 g/mol. The summed E-state index contributed by atoms with van der Waals surface area (Å²) in [6.07, 6.45) is 0. The second kappa shape index (κ2) is 3.09. The number of aryl methyl sites for hydroxylation is 3. The summed E-state index contributed by atoms with van der Waals surface area (Å²) in [6.45, 7) is 6.02. The third kappa shape index (κ3) is 1.39. The molecule has 0 aliphatic heterocycles. The molecule has 0 saturated carbocycles. The molecule has 0 fully saturated rings. The van der Waals surface area contributed by atoms with Crippen LogP contribution in [-0.4, -0.2) is 14.8 Å². The van der Waals surface area contributed by atoms with E-state index in [9.17, 15) is 0 Å². The second-order valence-corrected chi connectivity index (χ2v) is 4.44. The molecule has 2 heterocycles. The fourth-order valence-corrected chi connectivity index (χ4v) is 2.16. The maximum atomic E-state index is 5.61. The van der Waals surface area contributed by atoms with Gasteiger partial charge in [-0.1, -0.05) is 11.3 Å². The van der Waals surface area contributed by atoms with Crippen LogP contribution in [0.2, 0.25) is 0 Å². The zero-order valence-electron chi connectivity index (χ0n) is 8.40. The molecule has 0 radical (unpaired) electrons. The van der Waals surface area contributed by atoms with Crippen LogP contribution in [0.25, 0.3) is 5.13 Å². The Balaban J connectivity index is 2.54. The Morgan fingerprint density at radius 1 is 1.36 bits per heavy atom. The maximum absolute atomic E-state index is 5.61. The lowest BCUT2D eigenvalue weighted by molar-refractivity contribution is 0.838. The standard InChI is InChI=1S/C9H12N4S/c1-5-4-8(10)12-13(5)9-11-6(2)7(3)14-9/h4H,1-3H3,(H2,10,12). The highest BCUT2D eigenvalue weighted by molar-refractivity contribution is 7.14. The first-order valence-electron chi connectivity index (χ1n) is 4.34. The van der Waals surface area contributed by atoms with Crippen molar-refractivity contribution in [3.63, 3.8) is 0 Å². The van der Waals surface area contributed by atoms with Gasteiger partial charge in [0.2, 0.25) is 5.13 Å². The van der Waals surface area contributed by atoms with E-state index in [1.165, 1.54) is 4.88 Å². The summed E-state index contributed by atoms with van der Waals surface area (Å²) in [4.78, 5) is 5.63. The van der Waals surface area contributed by atoms with Crippen LogP contribution in [0.1, 0.15) is 16.3 Å². The highest BCUT2D eigenvalue weighted by atomic mass is 32.1. The van der Waals surface area contributed by atoms with Crippen molar-refractivity contribution in [3.8, 4) is 5.13 Å². The van der Waals surface area contributed by atoms with Crippen molar-refractivity contribution in [2.24, 2.45) is 0 Å². The van der Waals surface area contributed by atoms with Crippen LogP contribution in [0.4, 0.5) is 5.82 Å². The van der Waals surface area contributed by atoms with Gasteiger partial charge in [-0.25, -0.2) is 9.67 Å². The number of hydrogen-bond donors (Lipinski definition) is 1. The molecule has 0 aromatic carbocycles. The van der Waals surface area contributed by atoms with Crippen molar-refractivity contribution in [1.82, 2.24) is 14.8 Å². The van der Waals surface area contributed by atoms with Crippen LogP contribution < -0.4 is 5.73 Å². The van der Waals surface area contributed by atoms with Crippen molar-refractivity contribution in [2.45, 2.75) is 20.8 Å². The monoisotopic (exact) mass is 208 g/mol. The fraction of sp³-hybridized carbons (Fsp3) is 0.333. The lowest BCUT2D eigenvalue weighted by atomic mass is 10.4. The van der Waals surface area contributed by atoms with E-state index in [0.717, 1.165) is 16.5 Å². The van der Waals surface area contributed by atoms with Crippen molar-refractivity contribution in [1.29, 1.82) is 0 Å². The Morgan fingerprint density at radius 3 is 2.50 bits per heavy atom. The van der Waals surface area contributed by atoms with Gasteiger partial charge < -0.3 is 5.73 Å². The van der Waals surface area contributed by atoms with Gasteiger partial charge in [0.05, 0.1) is 5.69 Å². The molecule has 0 atom stereocenters. The van der Waals surface area contributed by atoms with Crippen LogP contribution in [0.3, 0.4) is 0 Å². The van der Waals surface area contributed by atoms with E-state index in [0.29, 0.717) is 5.82 Å². The van der Waals surface area contributed by atoms with E-state index in [1.54, 1.807) is 16.0 Å². The predicted octanol–water partition coefficient (Wildman–Crippen LogP) is 1.84. The molecule has 0 amide bonds. The molecule has 2 aromatic rings. The number of nitrogens with two attached hydrogens (primary N) is 1. The van der Waals surface area contributed by atoms with E-state index in [2.05, 4.69) is 17.0 Å². The van der Waals surface area contributed by atoms with Gasteiger partial charge in [0.1, 0.15) is 5.82 Å². The Morgan fingerprint density at radius 2 is 2.07 bits per heavy atom. The molecule has 5 heteroatoms. The Hall–Kier alpha value is -1.36. The first-order chi connectivity index (χ1) is 6.58. The first kappa shape index (κ1) is 9.21. The van der Waals surface area contributed by atoms with Gasteiger partial charge in [-0.3, -0.25) is 0 Å². The largest absolute Gasteiger partial charge is 0.382 e. The normalized spacial score (nSPS) is 10.8. The summed E-state index contributed by atoms with van der Waals surface area (Å²) in [5.41, 5.74) is 7.67. The topological polar surface area (TPSA) is 56.7 Å². The highest BCUT2D eigenvalue weighted by Gasteiger charge is 2.09. The van der Waals surface area contributed by atoms with Crippen LogP contribution in [-0.2, 0) is 0 Å². The minimum absolute atomic E-state index is 0.535. The van der Waals surface area contributed by atoms with Crippen molar-refractivity contribution < 1.29 is 0 Å². The van der Waals surface area contributed by atoms with E-state index in [-0.39, 0.29) is 0 Å². The van der Waals surface area contributed by atoms with Crippen molar-refractivity contribution in [2.75, 3.05) is 5.73 Å². The average Bonchev–Trinajstić information content (AvgIpc) is 2.57. The van der Waals surface area contributed by atoms with E-state index in [1.807, 2.05) is 19.9 Å². The van der Waals surface area contributed by atoms with Gasteiger partial charge in [0.25, 0.3) is 0 Å². The minimum Gasteiger partial charge on any atom is -0.382 e. The Kier molecular flexibility index (Phi) is 2.03. The number of anilines is 1. The summed E-state index contributed by atoms with van der Waals surface area (Å²) in [5, 5.41) is 5.06. The van der Waals surface area contributed by atoms with E-state index < -0.39 is 0 Å². The highest BCUT2D eigenvalue weighted by Crippen LogP contribution is 2.21. The molecule has 0 bridgehead atoms. The van der Waals surface area contributed by atoms with Crippen molar-refractivity contribution >= 4 is 17.2 Å². The van der Waals surface area contributed by atoms with Gasteiger partial charge in [-0.2, -0.15) is 0 Å². The molecule has 0 saturated heterocycles. The zero-order valence-corrected chi connectivity index (χ0v) is 9.22. The predicted molar refractivity (Wildman–Crippen MR) is 57.9 cm³/mol. The smallest absolute Gasteiger partial charge is 0.211 e. The van der Waals surface area contributed by atoms with Crippen LogP contribution in [0.5, 0.6) is 0 Å². The maximum Gasteiger partial charge on any atom is 0.211 e. The third-order valence-corrected chi connectivity index (χ3v) is 3.15. The van der Waals surface area contributed by atoms with Gasteiger partial charge in [0, 0.05) is 16.6 Å². The number of rotatable bonds is 1. The molecule has 0 unspecified atom stereocenters. The van der Waals surface area contributed by atoms with Crippen molar-refractivity contribution in [3.05, 3.63) is 22.3 Å². The average molecular weight is 208 g/mol. The third-order valence-electron chi connectivity index (χ3n) is 2.10. The van der Waals surface area contributed by atoms with Gasteiger partial charge >= 0.3 is 0 Å². The number of aromatic nitrogens is 3. The van der Waals surface area contributed by atoms with Gasteiger partial charge in [0.15, 0.2) is 0 Å². The van der Waals surface area contributed by atoms with Gasteiger partial charge in [-0.15, -0.1) is 5.10 Å².